The van der Waals surface area contributed by atoms with E-state index in [1.54, 1.807) is 12.1 Å². The van der Waals surface area contributed by atoms with Gasteiger partial charge in [0, 0.05) is 18.2 Å². The number of carbonyl (C=O) groups excluding carboxylic acids is 1. The summed E-state index contributed by atoms with van der Waals surface area (Å²) >= 11 is 11.0. The smallest absolute Gasteiger partial charge is 0.273 e. The lowest BCUT2D eigenvalue weighted by molar-refractivity contribution is 0.0940. The Kier molecular flexibility index (Phi) is 6.23. The van der Waals surface area contributed by atoms with Gasteiger partial charge in [0.15, 0.2) is 5.11 Å². The second-order valence-electron chi connectivity index (χ2n) is 4.77. The molecule has 120 valence electrons. The van der Waals surface area contributed by atoms with Crippen LogP contribution in [0, 0.1) is 0 Å². The number of amides is 1. The van der Waals surface area contributed by atoms with E-state index in [0.29, 0.717) is 28.0 Å². The maximum atomic E-state index is 12.1. The van der Waals surface area contributed by atoms with Crippen molar-refractivity contribution in [3.63, 3.8) is 0 Å². The second kappa shape index (κ2) is 8.17. The van der Waals surface area contributed by atoms with Gasteiger partial charge >= 0.3 is 0 Å². The number of ether oxygens (including phenoxy) is 2. The Labute approximate surface area is 139 Å². The number of carbonyl (C=O) groups is 1. The number of halogens is 1. The van der Waals surface area contributed by atoms with Crippen LogP contribution in [0.4, 0.5) is 0 Å². The number of methoxy groups -OCH3 is 1. The summed E-state index contributed by atoms with van der Waals surface area (Å²) in [5, 5.41) is 3.77. The van der Waals surface area contributed by atoms with Gasteiger partial charge in [0.1, 0.15) is 5.75 Å². The van der Waals surface area contributed by atoms with Gasteiger partial charge in [0.25, 0.3) is 5.91 Å². The van der Waals surface area contributed by atoms with Crippen molar-refractivity contribution in [1.29, 1.82) is 0 Å². The lowest BCUT2D eigenvalue weighted by Crippen LogP contribution is -2.48. The molecule has 3 N–H and O–H groups in total. The summed E-state index contributed by atoms with van der Waals surface area (Å²) in [5.41, 5.74) is 5.47. The summed E-state index contributed by atoms with van der Waals surface area (Å²) in [6.45, 7) is 1.40. The number of hydrogen-bond acceptors (Lipinski definition) is 4. The van der Waals surface area contributed by atoms with E-state index >= 15 is 0 Å². The number of nitrogens with one attached hydrogen (secondary N) is 3. The van der Waals surface area contributed by atoms with Crippen LogP contribution in [-0.4, -0.2) is 37.4 Å². The van der Waals surface area contributed by atoms with Crippen molar-refractivity contribution in [2.45, 2.75) is 18.9 Å². The van der Waals surface area contributed by atoms with E-state index in [-0.39, 0.29) is 12.0 Å². The van der Waals surface area contributed by atoms with Gasteiger partial charge in [-0.3, -0.25) is 15.6 Å². The van der Waals surface area contributed by atoms with Crippen molar-refractivity contribution in [2.75, 3.05) is 20.3 Å². The molecular formula is C14H18ClN3O3S. The van der Waals surface area contributed by atoms with Crippen LogP contribution >= 0.6 is 23.8 Å². The summed E-state index contributed by atoms with van der Waals surface area (Å²) in [7, 11) is 1.49. The fourth-order valence-corrected chi connectivity index (χ4v) is 2.40. The fraction of sp³-hybridized carbons (Fsp3) is 0.429. The first-order valence-electron chi connectivity index (χ1n) is 6.89. The van der Waals surface area contributed by atoms with E-state index < -0.39 is 0 Å². The molecule has 1 fully saturated rings. The zero-order valence-electron chi connectivity index (χ0n) is 12.1. The van der Waals surface area contributed by atoms with Crippen molar-refractivity contribution in [2.24, 2.45) is 0 Å². The molecule has 1 aliphatic rings. The molecule has 6 nitrogen and oxygen atoms in total. The van der Waals surface area contributed by atoms with Crippen molar-refractivity contribution >= 4 is 34.8 Å². The summed E-state index contributed by atoms with van der Waals surface area (Å²) in [6.07, 6.45) is 2.25. The SMILES string of the molecule is COc1ccc(Cl)cc1C(=O)NNC(=S)NCC1CCCO1. The predicted octanol–water partition coefficient (Wildman–Crippen LogP) is 1.64. The van der Waals surface area contributed by atoms with Gasteiger partial charge in [-0.1, -0.05) is 11.6 Å². The predicted molar refractivity (Wildman–Crippen MR) is 88.2 cm³/mol. The highest BCUT2D eigenvalue weighted by atomic mass is 35.5. The highest BCUT2D eigenvalue weighted by Gasteiger charge is 2.16. The van der Waals surface area contributed by atoms with Crippen molar-refractivity contribution < 1.29 is 14.3 Å². The van der Waals surface area contributed by atoms with Gasteiger partial charge < -0.3 is 14.8 Å². The Morgan fingerprint density at radius 1 is 1.50 bits per heavy atom. The minimum absolute atomic E-state index is 0.170. The summed E-state index contributed by atoms with van der Waals surface area (Å²) in [6, 6.07) is 4.81. The Hall–Kier alpha value is -1.57. The summed E-state index contributed by atoms with van der Waals surface area (Å²) < 4.78 is 10.6. The van der Waals surface area contributed by atoms with Crippen LogP contribution in [0.15, 0.2) is 18.2 Å². The lowest BCUT2D eigenvalue weighted by Gasteiger charge is -2.15. The molecular weight excluding hydrogens is 326 g/mol. The Morgan fingerprint density at radius 3 is 3.00 bits per heavy atom. The van der Waals surface area contributed by atoms with Crippen LogP contribution in [0.2, 0.25) is 5.02 Å². The highest BCUT2D eigenvalue weighted by Crippen LogP contribution is 2.22. The van der Waals surface area contributed by atoms with Crippen LogP contribution < -0.4 is 20.9 Å². The highest BCUT2D eigenvalue weighted by molar-refractivity contribution is 7.80. The Bertz CT molecular complexity index is 550. The molecule has 1 saturated heterocycles. The second-order valence-corrected chi connectivity index (χ2v) is 5.61. The van der Waals surface area contributed by atoms with Crippen LogP contribution in [-0.2, 0) is 4.74 Å². The van der Waals surface area contributed by atoms with Gasteiger partial charge in [0.05, 0.1) is 18.8 Å². The van der Waals surface area contributed by atoms with Gasteiger partial charge in [-0.15, -0.1) is 0 Å². The molecule has 2 rings (SSSR count). The number of benzene rings is 1. The summed E-state index contributed by atoms with van der Waals surface area (Å²) in [4.78, 5) is 12.1. The average Bonchev–Trinajstić information content (AvgIpc) is 3.04. The first-order valence-corrected chi connectivity index (χ1v) is 7.68. The molecule has 22 heavy (non-hydrogen) atoms. The maximum absolute atomic E-state index is 12.1. The molecule has 0 aromatic heterocycles. The third-order valence-electron chi connectivity index (χ3n) is 3.21. The molecule has 0 aliphatic carbocycles. The van der Waals surface area contributed by atoms with Crippen LogP contribution in [0.25, 0.3) is 0 Å². The lowest BCUT2D eigenvalue weighted by atomic mass is 10.2. The minimum atomic E-state index is -0.388. The number of thiocarbonyl (C=S) groups is 1. The van der Waals surface area contributed by atoms with E-state index in [1.165, 1.54) is 13.2 Å². The van der Waals surface area contributed by atoms with E-state index in [1.807, 2.05) is 0 Å². The monoisotopic (exact) mass is 343 g/mol. The zero-order chi connectivity index (χ0) is 15.9. The minimum Gasteiger partial charge on any atom is -0.496 e. The number of hydrogen-bond donors (Lipinski definition) is 3. The molecule has 1 aromatic carbocycles. The largest absolute Gasteiger partial charge is 0.496 e. The van der Waals surface area contributed by atoms with Crippen molar-refractivity contribution in [3.8, 4) is 5.75 Å². The molecule has 0 radical (unpaired) electrons. The first kappa shape index (κ1) is 16.8. The van der Waals surface area contributed by atoms with E-state index in [0.717, 1.165) is 19.4 Å². The van der Waals surface area contributed by atoms with Crippen LogP contribution in [0.3, 0.4) is 0 Å². The third kappa shape index (κ3) is 4.72. The molecule has 1 aliphatic heterocycles. The van der Waals surface area contributed by atoms with Gasteiger partial charge in [-0.25, -0.2) is 0 Å². The first-order chi connectivity index (χ1) is 10.6. The Balaban J connectivity index is 1.81. The molecule has 1 aromatic rings. The van der Waals surface area contributed by atoms with Crippen LogP contribution in [0.1, 0.15) is 23.2 Å². The van der Waals surface area contributed by atoms with E-state index in [4.69, 9.17) is 33.3 Å². The average molecular weight is 344 g/mol. The quantitative estimate of drug-likeness (QED) is 0.570. The van der Waals surface area contributed by atoms with Crippen LogP contribution in [0.5, 0.6) is 5.75 Å². The van der Waals surface area contributed by atoms with E-state index in [9.17, 15) is 4.79 Å². The molecule has 1 amide bonds. The molecule has 1 heterocycles. The Morgan fingerprint density at radius 2 is 2.32 bits per heavy atom. The molecule has 0 bridgehead atoms. The standard InChI is InChI=1S/C14H18ClN3O3S/c1-20-12-5-4-9(15)7-11(12)13(19)17-18-14(22)16-8-10-3-2-6-21-10/h4-5,7,10H,2-3,6,8H2,1H3,(H,17,19)(H2,16,18,22). The van der Waals surface area contributed by atoms with Gasteiger partial charge in [-0.05, 0) is 43.3 Å². The third-order valence-corrected chi connectivity index (χ3v) is 3.69. The molecule has 0 saturated carbocycles. The number of hydrazine groups is 1. The fourth-order valence-electron chi connectivity index (χ4n) is 2.09. The molecule has 1 atom stereocenters. The molecule has 0 spiro atoms. The number of rotatable bonds is 4. The topological polar surface area (TPSA) is 71.6 Å². The van der Waals surface area contributed by atoms with Crippen molar-refractivity contribution in [1.82, 2.24) is 16.2 Å². The van der Waals surface area contributed by atoms with Crippen molar-refractivity contribution in [3.05, 3.63) is 28.8 Å². The molecule has 8 heteroatoms. The maximum Gasteiger partial charge on any atom is 0.273 e. The summed E-state index contributed by atoms with van der Waals surface area (Å²) in [5.74, 6) is 0.0440. The zero-order valence-corrected chi connectivity index (χ0v) is 13.7. The van der Waals surface area contributed by atoms with Gasteiger partial charge in [-0.2, -0.15) is 0 Å². The van der Waals surface area contributed by atoms with Gasteiger partial charge in [0.2, 0.25) is 0 Å². The molecule has 1 unspecified atom stereocenters. The normalized spacial score (nSPS) is 16.9. The van der Waals surface area contributed by atoms with E-state index in [2.05, 4.69) is 16.2 Å².